The molecular formula is C23H17FN2O4S. The topological polar surface area (TPSA) is 74.8 Å². The second-order valence-electron chi connectivity index (χ2n) is 7.50. The Kier molecular flexibility index (Phi) is 4.23. The smallest absolute Gasteiger partial charge is 0.274 e. The van der Waals surface area contributed by atoms with Crippen LogP contribution in [0.15, 0.2) is 78.9 Å². The maximum absolute atomic E-state index is 13.9. The highest BCUT2D eigenvalue weighted by Gasteiger charge is 2.69. The molecule has 156 valence electrons. The van der Waals surface area contributed by atoms with Crippen molar-refractivity contribution in [3.63, 3.8) is 0 Å². The quantitative estimate of drug-likeness (QED) is 0.633. The van der Waals surface area contributed by atoms with Gasteiger partial charge in [-0.3, -0.25) is 14.5 Å². The number of halogens is 1. The molecule has 1 unspecified atom stereocenters. The van der Waals surface area contributed by atoms with Gasteiger partial charge in [-0.15, -0.1) is 0 Å². The van der Waals surface area contributed by atoms with Gasteiger partial charge in [0, 0.05) is 11.3 Å². The van der Waals surface area contributed by atoms with Gasteiger partial charge in [0.15, 0.2) is 9.84 Å². The molecule has 1 fully saturated rings. The van der Waals surface area contributed by atoms with E-state index >= 15 is 0 Å². The molecule has 3 aromatic carbocycles. The van der Waals surface area contributed by atoms with Crippen molar-refractivity contribution in [1.29, 1.82) is 0 Å². The SMILES string of the molecule is O=C1CS(=O)(=O)C2(C(=O)N(Cc3ccc(F)cc3)c3ccccc32)N1c1ccccc1. The number of carbonyl (C=O) groups excluding carboxylic acids is 2. The Bertz CT molecular complexity index is 1310. The van der Waals surface area contributed by atoms with Gasteiger partial charge in [-0.05, 0) is 35.9 Å². The molecule has 8 heteroatoms. The fourth-order valence-corrected chi connectivity index (χ4v) is 6.43. The molecule has 2 amide bonds. The molecule has 31 heavy (non-hydrogen) atoms. The lowest BCUT2D eigenvalue weighted by Crippen LogP contribution is -2.54. The van der Waals surface area contributed by atoms with E-state index in [-0.39, 0.29) is 12.1 Å². The summed E-state index contributed by atoms with van der Waals surface area (Å²) in [7, 11) is -4.20. The molecule has 1 saturated heterocycles. The monoisotopic (exact) mass is 436 g/mol. The lowest BCUT2D eigenvalue weighted by Gasteiger charge is -2.32. The molecule has 2 aliphatic rings. The second-order valence-corrected chi connectivity index (χ2v) is 9.61. The predicted octanol–water partition coefficient (Wildman–Crippen LogP) is 2.99. The summed E-state index contributed by atoms with van der Waals surface area (Å²) in [5.41, 5.74) is 1.63. The van der Waals surface area contributed by atoms with Crippen LogP contribution in [0.1, 0.15) is 11.1 Å². The Hall–Kier alpha value is -3.52. The minimum absolute atomic E-state index is 0.0459. The maximum Gasteiger partial charge on any atom is 0.274 e. The van der Waals surface area contributed by atoms with Gasteiger partial charge in [-0.1, -0.05) is 48.5 Å². The van der Waals surface area contributed by atoms with E-state index in [4.69, 9.17) is 0 Å². The Morgan fingerprint density at radius 3 is 2.23 bits per heavy atom. The molecule has 0 N–H and O–H groups in total. The summed E-state index contributed by atoms with van der Waals surface area (Å²) in [4.78, 5) is 27.1. The van der Waals surface area contributed by atoms with Crippen molar-refractivity contribution in [1.82, 2.24) is 0 Å². The van der Waals surface area contributed by atoms with Gasteiger partial charge in [0.1, 0.15) is 11.6 Å². The highest BCUT2D eigenvalue weighted by Crippen LogP contribution is 2.52. The highest BCUT2D eigenvalue weighted by atomic mass is 32.2. The van der Waals surface area contributed by atoms with Crippen molar-refractivity contribution < 1.29 is 22.4 Å². The number of para-hydroxylation sites is 2. The molecule has 5 rings (SSSR count). The zero-order valence-electron chi connectivity index (χ0n) is 16.2. The van der Waals surface area contributed by atoms with Gasteiger partial charge >= 0.3 is 0 Å². The second kappa shape index (κ2) is 6.75. The van der Waals surface area contributed by atoms with Gasteiger partial charge in [0.25, 0.3) is 10.8 Å². The first-order chi connectivity index (χ1) is 14.9. The summed E-state index contributed by atoms with van der Waals surface area (Å²) < 4.78 is 40.2. The van der Waals surface area contributed by atoms with Crippen LogP contribution < -0.4 is 9.80 Å². The summed E-state index contributed by atoms with van der Waals surface area (Å²) in [6.07, 6.45) is 0. The number of hydrogen-bond donors (Lipinski definition) is 0. The minimum Gasteiger partial charge on any atom is -0.304 e. The van der Waals surface area contributed by atoms with E-state index in [0.717, 1.165) is 4.90 Å². The first kappa shape index (κ1) is 19.4. The van der Waals surface area contributed by atoms with Crippen LogP contribution in [0, 0.1) is 5.82 Å². The number of hydrogen-bond acceptors (Lipinski definition) is 4. The number of carbonyl (C=O) groups is 2. The van der Waals surface area contributed by atoms with Crippen LogP contribution in [-0.2, 0) is 30.8 Å². The molecule has 0 aromatic heterocycles. The van der Waals surface area contributed by atoms with Crippen molar-refractivity contribution >= 4 is 33.0 Å². The molecule has 3 aromatic rings. The maximum atomic E-state index is 13.9. The zero-order valence-corrected chi connectivity index (χ0v) is 17.0. The molecular weight excluding hydrogens is 419 g/mol. The van der Waals surface area contributed by atoms with Gasteiger partial charge in [-0.25, -0.2) is 12.8 Å². The fourth-order valence-electron chi connectivity index (χ4n) is 4.40. The van der Waals surface area contributed by atoms with Crippen LogP contribution in [0.3, 0.4) is 0 Å². The number of sulfone groups is 1. The summed E-state index contributed by atoms with van der Waals surface area (Å²) in [5.74, 6) is -2.54. The molecule has 2 heterocycles. The molecule has 2 aliphatic heterocycles. The normalized spacial score (nSPS) is 21.7. The van der Waals surface area contributed by atoms with Crippen LogP contribution in [0.5, 0.6) is 0 Å². The third kappa shape index (κ3) is 2.64. The fraction of sp³-hybridized carbons (Fsp3) is 0.130. The van der Waals surface area contributed by atoms with Gasteiger partial charge in [0.05, 0.1) is 12.2 Å². The first-order valence-corrected chi connectivity index (χ1v) is 11.3. The van der Waals surface area contributed by atoms with Gasteiger partial charge in [0.2, 0.25) is 5.91 Å². The number of benzene rings is 3. The van der Waals surface area contributed by atoms with Crippen LogP contribution in [0.4, 0.5) is 15.8 Å². The molecule has 0 aliphatic carbocycles. The minimum atomic E-state index is -4.20. The highest BCUT2D eigenvalue weighted by molar-refractivity contribution is 7.94. The number of fused-ring (bicyclic) bond motifs is 2. The van der Waals surface area contributed by atoms with E-state index in [0.29, 0.717) is 16.9 Å². The summed E-state index contributed by atoms with van der Waals surface area (Å²) in [6, 6.07) is 20.6. The number of amides is 2. The van der Waals surface area contributed by atoms with E-state index < -0.39 is 38.1 Å². The van der Waals surface area contributed by atoms with Crippen molar-refractivity contribution in [3.05, 3.63) is 95.8 Å². The van der Waals surface area contributed by atoms with E-state index in [1.807, 2.05) is 0 Å². The molecule has 0 bridgehead atoms. The third-order valence-corrected chi connectivity index (χ3v) is 7.80. The van der Waals surface area contributed by atoms with Crippen LogP contribution >= 0.6 is 0 Å². The third-order valence-electron chi connectivity index (χ3n) is 5.69. The predicted molar refractivity (Wildman–Crippen MR) is 113 cm³/mol. The summed E-state index contributed by atoms with van der Waals surface area (Å²) in [5, 5.41) is 0. The van der Waals surface area contributed by atoms with Crippen molar-refractivity contribution in [2.75, 3.05) is 15.6 Å². The molecule has 0 radical (unpaired) electrons. The zero-order chi connectivity index (χ0) is 21.8. The summed E-state index contributed by atoms with van der Waals surface area (Å²) in [6.45, 7) is 0.0459. The number of rotatable bonds is 3. The lowest BCUT2D eigenvalue weighted by atomic mass is 10.0. The molecule has 6 nitrogen and oxygen atoms in total. The lowest BCUT2D eigenvalue weighted by molar-refractivity contribution is -0.123. The van der Waals surface area contributed by atoms with Gasteiger partial charge < -0.3 is 4.90 Å². The summed E-state index contributed by atoms with van der Waals surface area (Å²) >= 11 is 0. The average molecular weight is 436 g/mol. The first-order valence-electron chi connectivity index (χ1n) is 9.62. The Labute approximate surface area is 178 Å². The molecule has 1 spiro atoms. The van der Waals surface area contributed by atoms with Crippen molar-refractivity contribution in [3.8, 4) is 0 Å². The van der Waals surface area contributed by atoms with Crippen LogP contribution in [-0.4, -0.2) is 26.0 Å². The van der Waals surface area contributed by atoms with E-state index in [2.05, 4.69) is 0 Å². The largest absolute Gasteiger partial charge is 0.304 e. The van der Waals surface area contributed by atoms with E-state index in [9.17, 15) is 22.4 Å². The Morgan fingerprint density at radius 1 is 0.871 bits per heavy atom. The van der Waals surface area contributed by atoms with Crippen LogP contribution in [0.2, 0.25) is 0 Å². The van der Waals surface area contributed by atoms with E-state index in [1.165, 1.54) is 17.0 Å². The Morgan fingerprint density at radius 2 is 1.52 bits per heavy atom. The standard InChI is InChI=1S/C23H17FN2O4S/c24-17-12-10-16(11-13-17)14-25-20-9-5-4-8-19(20)23(22(25)28)26(18-6-2-1-3-7-18)21(27)15-31(23,29)30/h1-13H,14-15H2. The van der Waals surface area contributed by atoms with E-state index in [1.54, 1.807) is 66.7 Å². The van der Waals surface area contributed by atoms with Crippen molar-refractivity contribution in [2.45, 2.75) is 11.4 Å². The van der Waals surface area contributed by atoms with Gasteiger partial charge in [-0.2, -0.15) is 0 Å². The molecule has 1 atom stereocenters. The Balaban J connectivity index is 1.73. The van der Waals surface area contributed by atoms with Crippen molar-refractivity contribution in [2.24, 2.45) is 0 Å². The molecule has 0 saturated carbocycles. The van der Waals surface area contributed by atoms with Crippen LogP contribution in [0.25, 0.3) is 0 Å². The average Bonchev–Trinajstić information content (AvgIpc) is 3.13. The number of nitrogens with zero attached hydrogens (tertiary/aromatic N) is 2. The number of anilines is 2.